The van der Waals surface area contributed by atoms with E-state index in [0.29, 0.717) is 33.0 Å². The van der Waals surface area contributed by atoms with E-state index in [0.717, 1.165) is 108 Å². The van der Waals surface area contributed by atoms with Gasteiger partial charge in [0.1, 0.15) is 0 Å². The highest BCUT2D eigenvalue weighted by molar-refractivity contribution is 6.44. The first-order valence-electron chi connectivity index (χ1n) is 19.3. The number of rotatable bonds is 12. The summed E-state index contributed by atoms with van der Waals surface area (Å²) in [5, 5.41) is 25.0. The Balaban J connectivity index is 1.36. The van der Waals surface area contributed by atoms with E-state index in [-0.39, 0.29) is 76.4 Å². The molecule has 0 aliphatic carbocycles. The van der Waals surface area contributed by atoms with Crippen molar-refractivity contribution in [1.82, 2.24) is 9.80 Å². The van der Waals surface area contributed by atoms with Gasteiger partial charge in [-0.3, -0.25) is 29.0 Å². The van der Waals surface area contributed by atoms with Gasteiger partial charge in [0, 0.05) is 81.0 Å². The van der Waals surface area contributed by atoms with Crippen LogP contribution in [-0.2, 0) is 9.47 Å². The van der Waals surface area contributed by atoms with Crippen LogP contribution in [0.1, 0.15) is 80.0 Å². The maximum Gasteiger partial charge on any atom is 0.261 e. The van der Waals surface area contributed by atoms with Crippen molar-refractivity contribution in [3.8, 4) is 0 Å². The second-order valence-corrected chi connectivity index (χ2v) is 14.7. The Morgan fingerprint density at radius 2 is 0.852 bits per heavy atom. The summed E-state index contributed by atoms with van der Waals surface area (Å²) in [5.41, 5.74) is 3.69. The Bertz CT molecular complexity index is 2180. The number of aliphatic hydroxyl groups is 2. The zero-order chi connectivity index (χ0) is 37.1. The number of hydrogen-bond donors (Lipinski definition) is 2. The second kappa shape index (κ2) is 14.1. The summed E-state index contributed by atoms with van der Waals surface area (Å²) in [6, 6.07) is 11.6. The smallest absolute Gasteiger partial charge is 0.261 e. The third kappa shape index (κ3) is 5.33. The minimum atomic E-state index is -0.380. The lowest BCUT2D eigenvalue weighted by Gasteiger charge is -2.36. The molecule has 280 valence electrons. The molecule has 12 nitrogen and oxygen atoms in total. The number of carbonyl (C=O) groups excluding carboxylic acids is 4. The summed E-state index contributed by atoms with van der Waals surface area (Å²) in [6.07, 6.45) is 6.27. The van der Waals surface area contributed by atoms with Crippen LogP contribution in [0.15, 0.2) is 36.4 Å². The SMILES string of the molecule is O=C1c2ccc3c4c(N5CCCCC5)cc5c6c(ccc(c7c(N8CCCCC8)cc(c2c37)C(=O)N1CCOCCO)c64)C(=O)N(CCOCCO)C5=O. The summed E-state index contributed by atoms with van der Waals surface area (Å²) in [7, 11) is 0. The molecule has 0 bridgehead atoms. The highest BCUT2D eigenvalue weighted by Gasteiger charge is 2.39. The van der Waals surface area contributed by atoms with E-state index in [9.17, 15) is 29.4 Å². The summed E-state index contributed by atoms with van der Waals surface area (Å²) < 4.78 is 11.0. The van der Waals surface area contributed by atoms with Crippen LogP contribution in [0.25, 0.3) is 43.1 Å². The fraction of sp³-hybridized carbons (Fsp3) is 0.429. The molecule has 9 rings (SSSR count). The van der Waals surface area contributed by atoms with Gasteiger partial charge in [-0.15, -0.1) is 0 Å². The number of amides is 4. The van der Waals surface area contributed by atoms with E-state index in [1.807, 2.05) is 36.4 Å². The van der Waals surface area contributed by atoms with Gasteiger partial charge in [-0.1, -0.05) is 12.1 Å². The molecule has 12 heteroatoms. The number of nitrogens with zero attached hydrogens (tertiary/aromatic N) is 4. The molecule has 4 aliphatic rings. The van der Waals surface area contributed by atoms with Crippen molar-refractivity contribution in [2.75, 3.05) is 88.7 Å². The minimum Gasteiger partial charge on any atom is -0.394 e. The van der Waals surface area contributed by atoms with E-state index in [2.05, 4.69) is 9.80 Å². The molecule has 0 radical (unpaired) electrons. The molecule has 0 atom stereocenters. The number of imide groups is 2. The first kappa shape index (κ1) is 34.9. The van der Waals surface area contributed by atoms with Crippen molar-refractivity contribution in [3.05, 3.63) is 58.7 Å². The number of carbonyl (C=O) groups is 4. The van der Waals surface area contributed by atoms with Crippen LogP contribution in [0.2, 0.25) is 0 Å². The highest BCUT2D eigenvalue weighted by Crippen LogP contribution is 2.52. The molecule has 54 heavy (non-hydrogen) atoms. The zero-order valence-electron chi connectivity index (χ0n) is 30.3. The van der Waals surface area contributed by atoms with E-state index >= 15 is 0 Å². The lowest BCUT2D eigenvalue weighted by molar-refractivity contribution is 0.0467. The maximum absolute atomic E-state index is 14.4. The molecule has 4 aliphatic heterocycles. The molecule has 0 unspecified atom stereocenters. The topological polar surface area (TPSA) is 140 Å². The van der Waals surface area contributed by atoms with Gasteiger partial charge < -0.3 is 29.5 Å². The van der Waals surface area contributed by atoms with Gasteiger partial charge in [0.2, 0.25) is 0 Å². The normalized spacial score (nSPS) is 17.8. The van der Waals surface area contributed by atoms with Crippen LogP contribution in [-0.4, -0.2) is 123 Å². The first-order chi connectivity index (χ1) is 26.4. The average Bonchev–Trinajstić information content (AvgIpc) is 3.21. The number of anilines is 2. The molecule has 5 aromatic rings. The van der Waals surface area contributed by atoms with Gasteiger partial charge in [-0.25, -0.2) is 0 Å². The third-order valence-electron chi connectivity index (χ3n) is 11.7. The average molecular weight is 733 g/mol. The molecule has 5 aromatic carbocycles. The van der Waals surface area contributed by atoms with E-state index in [1.165, 1.54) is 9.80 Å². The van der Waals surface area contributed by atoms with Gasteiger partial charge in [0.25, 0.3) is 23.6 Å². The molecule has 0 spiro atoms. The number of fused-ring (bicyclic) bond motifs is 2. The van der Waals surface area contributed by atoms with Gasteiger partial charge in [-0.05, 0) is 73.6 Å². The fourth-order valence-electron chi connectivity index (χ4n) is 9.34. The standard InChI is InChI=1S/C42H44N4O8/c47-17-21-53-19-15-45-39(49)27-10-8-26-36-32(44-13-5-2-6-14-44)24-30-34-28(40(50)46(42(30)52)16-20-54-22-18-48)9-7-25(38(34)36)35-31(43-11-3-1-4-12-43)23-29(41(45)51)33(27)37(26)35/h7-10,23-24,47-48H,1-6,11-22H2. The van der Waals surface area contributed by atoms with Gasteiger partial charge in [-0.2, -0.15) is 0 Å². The van der Waals surface area contributed by atoms with Gasteiger partial charge >= 0.3 is 0 Å². The Hall–Kier alpha value is -4.88. The quantitative estimate of drug-likeness (QED) is 0.0786. The van der Waals surface area contributed by atoms with Crippen molar-refractivity contribution in [2.45, 2.75) is 38.5 Å². The Kier molecular flexibility index (Phi) is 9.09. The molecule has 4 heterocycles. The van der Waals surface area contributed by atoms with Crippen LogP contribution in [0, 0.1) is 0 Å². The molecule has 4 amide bonds. The lowest BCUT2D eigenvalue weighted by atomic mass is 9.80. The minimum absolute atomic E-state index is 0.0700. The van der Waals surface area contributed by atoms with Crippen LogP contribution < -0.4 is 9.80 Å². The summed E-state index contributed by atoms with van der Waals surface area (Å²) >= 11 is 0. The van der Waals surface area contributed by atoms with Crippen molar-refractivity contribution >= 4 is 78.1 Å². The third-order valence-corrected chi connectivity index (χ3v) is 11.7. The van der Waals surface area contributed by atoms with E-state index < -0.39 is 0 Å². The molecular weight excluding hydrogens is 688 g/mol. The monoisotopic (exact) mass is 732 g/mol. The second-order valence-electron chi connectivity index (χ2n) is 14.7. The number of aliphatic hydroxyl groups excluding tert-OH is 2. The molecule has 0 saturated carbocycles. The number of hydrogen-bond acceptors (Lipinski definition) is 10. The van der Waals surface area contributed by atoms with Crippen molar-refractivity contribution in [2.24, 2.45) is 0 Å². The first-order valence-corrected chi connectivity index (χ1v) is 19.3. The summed E-state index contributed by atoms with van der Waals surface area (Å²) in [6.45, 7) is 3.59. The molecular formula is C42H44N4O8. The van der Waals surface area contributed by atoms with Crippen molar-refractivity contribution in [1.29, 1.82) is 0 Å². The summed E-state index contributed by atoms with van der Waals surface area (Å²) in [5.74, 6) is -1.49. The molecule has 0 aromatic heterocycles. The zero-order valence-corrected chi connectivity index (χ0v) is 30.3. The van der Waals surface area contributed by atoms with Crippen LogP contribution >= 0.6 is 0 Å². The van der Waals surface area contributed by atoms with Crippen LogP contribution in [0.3, 0.4) is 0 Å². The molecule has 2 fully saturated rings. The molecule has 2 saturated heterocycles. The fourth-order valence-corrected chi connectivity index (χ4v) is 9.34. The van der Waals surface area contributed by atoms with Gasteiger partial charge in [0.15, 0.2) is 0 Å². The summed E-state index contributed by atoms with van der Waals surface area (Å²) in [4.78, 5) is 64.4. The largest absolute Gasteiger partial charge is 0.394 e. The van der Waals surface area contributed by atoms with Crippen molar-refractivity contribution < 1.29 is 38.9 Å². The number of piperidine rings is 2. The van der Waals surface area contributed by atoms with E-state index in [1.54, 1.807) is 0 Å². The van der Waals surface area contributed by atoms with Gasteiger partial charge in [0.05, 0.1) is 63.9 Å². The van der Waals surface area contributed by atoms with Crippen LogP contribution in [0.5, 0.6) is 0 Å². The van der Waals surface area contributed by atoms with Crippen LogP contribution in [0.4, 0.5) is 11.4 Å². The number of benzene rings is 5. The van der Waals surface area contributed by atoms with Crippen molar-refractivity contribution in [3.63, 3.8) is 0 Å². The highest BCUT2D eigenvalue weighted by atomic mass is 16.5. The number of ether oxygens (including phenoxy) is 2. The predicted molar refractivity (Wildman–Crippen MR) is 206 cm³/mol. The Morgan fingerprint density at radius 1 is 0.463 bits per heavy atom. The lowest BCUT2D eigenvalue weighted by Crippen LogP contribution is -2.43. The Labute approximate surface area is 312 Å². The van der Waals surface area contributed by atoms with E-state index in [4.69, 9.17) is 9.47 Å². The maximum atomic E-state index is 14.4. The Morgan fingerprint density at radius 3 is 1.24 bits per heavy atom. The predicted octanol–water partition coefficient (Wildman–Crippen LogP) is 4.93. The molecule has 2 N–H and O–H groups in total.